The highest BCUT2D eigenvalue weighted by Crippen LogP contribution is 2.31. The van der Waals surface area contributed by atoms with Crippen LogP contribution in [0.15, 0.2) is 72.8 Å². The molecule has 0 fully saturated rings. The second-order valence-corrected chi connectivity index (χ2v) is 7.99. The van der Waals surface area contributed by atoms with Gasteiger partial charge in [0.1, 0.15) is 16.9 Å². The minimum atomic E-state index is -0.274. The molecule has 0 unspecified atom stereocenters. The zero-order valence-electron chi connectivity index (χ0n) is 18.0. The highest BCUT2D eigenvalue weighted by atomic mass is 16.1. The molecule has 0 aliphatic heterocycles. The summed E-state index contributed by atoms with van der Waals surface area (Å²) in [4.78, 5) is 22.9. The lowest BCUT2D eigenvalue weighted by Crippen LogP contribution is -2.24. The van der Waals surface area contributed by atoms with Crippen molar-refractivity contribution in [3.05, 3.63) is 95.1 Å². The molecule has 32 heavy (non-hydrogen) atoms. The molecule has 0 bridgehead atoms. The van der Waals surface area contributed by atoms with Gasteiger partial charge in [0.05, 0.1) is 11.0 Å². The normalized spacial score (nSPS) is 11.2. The van der Waals surface area contributed by atoms with Crippen LogP contribution in [0.3, 0.4) is 0 Å². The minimum absolute atomic E-state index is 0.274. The van der Waals surface area contributed by atoms with E-state index >= 15 is 0 Å². The number of benzene rings is 3. The second-order valence-electron chi connectivity index (χ2n) is 7.99. The van der Waals surface area contributed by atoms with E-state index in [-0.39, 0.29) is 5.91 Å². The first-order valence-corrected chi connectivity index (χ1v) is 10.5. The van der Waals surface area contributed by atoms with Crippen LogP contribution >= 0.6 is 0 Å². The first-order chi connectivity index (χ1) is 15.5. The van der Waals surface area contributed by atoms with E-state index in [4.69, 9.17) is 15.7 Å². The Bertz CT molecular complexity index is 1470. The fraction of sp³-hybridized carbons (Fsp3) is 0.115. The van der Waals surface area contributed by atoms with Crippen LogP contribution in [0, 0.1) is 13.8 Å². The van der Waals surface area contributed by atoms with Crippen LogP contribution in [-0.2, 0) is 6.54 Å². The van der Waals surface area contributed by atoms with Gasteiger partial charge in [0.2, 0.25) is 0 Å². The third-order valence-corrected chi connectivity index (χ3v) is 5.56. The van der Waals surface area contributed by atoms with Crippen molar-refractivity contribution in [3.8, 4) is 5.69 Å². The number of aryl methyl sites for hydroxylation is 2. The van der Waals surface area contributed by atoms with Crippen molar-refractivity contribution >= 4 is 33.9 Å². The van der Waals surface area contributed by atoms with E-state index in [1.807, 2.05) is 91.2 Å². The van der Waals surface area contributed by atoms with Crippen LogP contribution < -0.4 is 11.1 Å². The molecule has 0 saturated carbocycles. The summed E-state index contributed by atoms with van der Waals surface area (Å²) in [6.07, 6.45) is 0. The monoisotopic (exact) mass is 421 g/mol. The highest BCUT2D eigenvalue weighted by molar-refractivity contribution is 6.11. The molecule has 5 aromatic rings. The SMILES string of the molecule is Cc1ccc(CNC(=O)c2c(N)n(-c3cccc(C)c3)c3nc4ccccc4nc23)cc1. The number of nitrogens with zero attached hydrogens (tertiary/aromatic N) is 3. The summed E-state index contributed by atoms with van der Waals surface area (Å²) in [5.41, 5.74) is 13.5. The van der Waals surface area contributed by atoms with Gasteiger partial charge in [-0.15, -0.1) is 0 Å². The molecule has 6 heteroatoms. The number of carbonyl (C=O) groups excluding carboxylic acids is 1. The predicted octanol–water partition coefficient (Wildman–Crippen LogP) is 4.70. The maximum Gasteiger partial charge on any atom is 0.257 e. The largest absolute Gasteiger partial charge is 0.384 e. The third kappa shape index (κ3) is 3.46. The highest BCUT2D eigenvalue weighted by Gasteiger charge is 2.24. The summed E-state index contributed by atoms with van der Waals surface area (Å²) >= 11 is 0. The Morgan fingerprint density at radius 2 is 1.62 bits per heavy atom. The van der Waals surface area contributed by atoms with Gasteiger partial charge < -0.3 is 11.1 Å². The number of fused-ring (bicyclic) bond motifs is 2. The van der Waals surface area contributed by atoms with Crippen LogP contribution in [0.2, 0.25) is 0 Å². The van der Waals surface area contributed by atoms with Crippen LogP contribution in [0.4, 0.5) is 5.82 Å². The lowest BCUT2D eigenvalue weighted by molar-refractivity contribution is 0.0953. The number of hydrogen-bond donors (Lipinski definition) is 2. The fourth-order valence-electron chi connectivity index (χ4n) is 3.89. The van der Waals surface area contributed by atoms with Crippen LogP contribution in [0.1, 0.15) is 27.0 Å². The molecule has 0 aliphatic rings. The molecule has 0 atom stereocenters. The molecule has 158 valence electrons. The standard InChI is InChI=1S/C26H23N5O/c1-16-10-12-18(13-11-16)15-28-26(32)22-23-25(30-21-9-4-3-8-20(21)29-23)31(24(22)27)19-7-5-6-17(2)14-19/h3-14H,15,27H2,1-2H3,(H,28,32). The number of rotatable bonds is 4. The molecule has 0 radical (unpaired) electrons. The van der Waals surface area contributed by atoms with Crippen molar-refractivity contribution in [2.75, 3.05) is 5.73 Å². The summed E-state index contributed by atoms with van der Waals surface area (Å²) in [6.45, 7) is 4.45. The number of hydrogen-bond acceptors (Lipinski definition) is 4. The number of para-hydroxylation sites is 2. The Hall–Kier alpha value is -4.19. The van der Waals surface area contributed by atoms with Crippen molar-refractivity contribution in [1.82, 2.24) is 19.9 Å². The van der Waals surface area contributed by atoms with E-state index in [2.05, 4.69) is 5.32 Å². The van der Waals surface area contributed by atoms with Gasteiger partial charge in [-0.2, -0.15) is 0 Å². The van der Waals surface area contributed by atoms with Gasteiger partial charge in [-0.1, -0.05) is 54.1 Å². The Kier molecular flexibility index (Phi) is 4.82. The van der Waals surface area contributed by atoms with Gasteiger partial charge in [-0.05, 0) is 49.2 Å². The number of aromatic nitrogens is 3. The van der Waals surface area contributed by atoms with Gasteiger partial charge in [-0.3, -0.25) is 9.36 Å². The van der Waals surface area contributed by atoms with Crippen molar-refractivity contribution in [2.45, 2.75) is 20.4 Å². The topological polar surface area (TPSA) is 85.8 Å². The van der Waals surface area contributed by atoms with Crippen molar-refractivity contribution in [3.63, 3.8) is 0 Å². The third-order valence-electron chi connectivity index (χ3n) is 5.56. The zero-order valence-corrected chi connectivity index (χ0v) is 18.0. The lowest BCUT2D eigenvalue weighted by Gasteiger charge is -2.09. The molecule has 0 saturated heterocycles. The molecular weight excluding hydrogens is 398 g/mol. The Morgan fingerprint density at radius 3 is 2.34 bits per heavy atom. The summed E-state index contributed by atoms with van der Waals surface area (Å²) in [5.74, 6) is 0.0476. The van der Waals surface area contributed by atoms with Crippen LogP contribution in [0.25, 0.3) is 27.9 Å². The van der Waals surface area contributed by atoms with Crippen molar-refractivity contribution in [1.29, 1.82) is 0 Å². The molecule has 6 nitrogen and oxygen atoms in total. The number of nitrogen functional groups attached to an aromatic ring is 1. The van der Waals surface area contributed by atoms with Gasteiger partial charge in [0, 0.05) is 12.2 Å². The Labute approximate surface area is 185 Å². The van der Waals surface area contributed by atoms with E-state index in [1.54, 1.807) is 0 Å². The van der Waals surface area contributed by atoms with E-state index < -0.39 is 0 Å². The molecule has 3 N–H and O–H groups in total. The quantitative estimate of drug-likeness (QED) is 0.440. The lowest BCUT2D eigenvalue weighted by atomic mass is 10.1. The molecule has 1 amide bonds. The van der Waals surface area contributed by atoms with E-state index in [1.165, 1.54) is 5.56 Å². The summed E-state index contributed by atoms with van der Waals surface area (Å²) in [6, 6.07) is 23.6. The number of carbonyl (C=O) groups is 1. The Morgan fingerprint density at radius 1 is 0.906 bits per heavy atom. The number of anilines is 1. The molecular formula is C26H23N5O. The van der Waals surface area contributed by atoms with Gasteiger partial charge >= 0.3 is 0 Å². The summed E-state index contributed by atoms with van der Waals surface area (Å²) in [7, 11) is 0. The molecule has 3 aromatic carbocycles. The first kappa shape index (κ1) is 19.8. The Balaban J connectivity index is 1.65. The van der Waals surface area contributed by atoms with Gasteiger partial charge in [-0.25, -0.2) is 9.97 Å². The fourth-order valence-corrected chi connectivity index (χ4v) is 3.89. The second kappa shape index (κ2) is 7.81. The molecule has 2 aromatic heterocycles. The molecule has 2 heterocycles. The van der Waals surface area contributed by atoms with Crippen LogP contribution in [0.5, 0.6) is 0 Å². The van der Waals surface area contributed by atoms with Gasteiger partial charge in [0.25, 0.3) is 5.91 Å². The number of nitrogens with one attached hydrogen (secondary N) is 1. The minimum Gasteiger partial charge on any atom is -0.384 e. The van der Waals surface area contributed by atoms with Crippen molar-refractivity contribution < 1.29 is 4.79 Å². The van der Waals surface area contributed by atoms with E-state index in [9.17, 15) is 4.79 Å². The maximum atomic E-state index is 13.3. The predicted molar refractivity (Wildman–Crippen MR) is 128 cm³/mol. The van der Waals surface area contributed by atoms with Gasteiger partial charge in [0.15, 0.2) is 5.65 Å². The van der Waals surface area contributed by atoms with Crippen LogP contribution in [-0.4, -0.2) is 20.4 Å². The maximum absolute atomic E-state index is 13.3. The first-order valence-electron chi connectivity index (χ1n) is 10.5. The molecule has 0 aliphatic carbocycles. The van der Waals surface area contributed by atoms with E-state index in [0.29, 0.717) is 34.6 Å². The molecule has 5 rings (SSSR count). The zero-order chi connectivity index (χ0) is 22.2. The summed E-state index contributed by atoms with van der Waals surface area (Å²) in [5, 5.41) is 2.99. The number of nitrogens with two attached hydrogens (primary N) is 1. The average molecular weight is 422 g/mol. The molecule has 0 spiro atoms. The number of amides is 1. The van der Waals surface area contributed by atoms with E-state index in [0.717, 1.165) is 22.3 Å². The summed E-state index contributed by atoms with van der Waals surface area (Å²) < 4.78 is 1.81. The average Bonchev–Trinajstić information content (AvgIpc) is 3.07. The smallest absolute Gasteiger partial charge is 0.257 e. The van der Waals surface area contributed by atoms with Crippen molar-refractivity contribution in [2.24, 2.45) is 0 Å².